The topological polar surface area (TPSA) is 51.8 Å². The fourth-order valence-electron chi connectivity index (χ4n) is 3.41. The van der Waals surface area contributed by atoms with Crippen LogP contribution in [-0.2, 0) is 13.2 Å². The van der Waals surface area contributed by atoms with Crippen LogP contribution in [0.3, 0.4) is 0 Å². The van der Waals surface area contributed by atoms with Crippen molar-refractivity contribution >= 4 is 16.6 Å². The molecule has 6 nitrogen and oxygen atoms in total. The Kier molecular flexibility index (Phi) is 4.41. The number of benzene rings is 2. The van der Waals surface area contributed by atoms with Crippen LogP contribution in [0.5, 0.6) is 5.75 Å². The molecule has 0 radical (unpaired) electrons. The van der Waals surface area contributed by atoms with Gasteiger partial charge < -0.3 is 4.74 Å². The molecule has 0 bridgehead atoms. The van der Waals surface area contributed by atoms with Gasteiger partial charge in [0.1, 0.15) is 5.75 Å². The van der Waals surface area contributed by atoms with E-state index in [1.165, 1.54) is 10.2 Å². The molecule has 0 unspecified atom stereocenters. The van der Waals surface area contributed by atoms with Gasteiger partial charge in [-0.25, -0.2) is 9.20 Å². The molecule has 0 spiro atoms. The molecule has 138 valence electrons. The largest absolute Gasteiger partial charge is 0.497 e. The molecule has 0 saturated heterocycles. The van der Waals surface area contributed by atoms with Gasteiger partial charge >= 0.3 is 5.69 Å². The van der Waals surface area contributed by atoms with Crippen molar-refractivity contribution in [1.29, 1.82) is 0 Å². The van der Waals surface area contributed by atoms with Crippen molar-refractivity contribution in [3.05, 3.63) is 76.2 Å². The van der Waals surface area contributed by atoms with Crippen molar-refractivity contribution in [3.63, 3.8) is 0 Å². The van der Waals surface area contributed by atoms with Gasteiger partial charge in [0.2, 0.25) is 0 Å². The van der Waals surface area contributed by atoms with E-state index < -0.39 is 0 Å². The smallest absolute Gasteiger partial charge is 0.352 e. The minimum absolute atomic E-state index is 0.146. The van der Waals surface area contributed by atoms with Gasteiger partial charge in [-0.05, 0) is 48.7 Å². The monoisotopic (exact) mass is 362 g/mol. The minimum atomic E-state index is -0.146. The number of hydrogen-bond donors (Lipinski definition) is 0. The maximum atomic E-state index is 13.1. The van der Waals surface area contributed by atoms with Gasteiger partial charge in [-0.1, -0.05) is 30.3 Å². The number of nitrogens with zero attached hydrogens (tertiary/aromatic N) is 4. The van der Waals surface area contributed by atoms with Crippen molar-refractivity contribution in [2.24, 2.45) is 0 Å². The van der Waals surface area contributed by atoms with E-state index in [-0.39, 0.29) is 5.69 Å². The predicted octanol–water partition coefficient (Wildman–Crippen LogP) is 3.06. The molecule has 0 fully saturated rings. The highest BCUT2D eigenvalue weighted by atomic mass is 16.5. The maximum absolute atomic E-state index is 13.1. The SMILES string of the molecule is COc1ccc2cc(C)c3nn(CN(C)Cc4ccccc4)c(=O)n3c2c1. The van der Waals surface area contributed by atoms with Crippen molar-refractivity contribution in [2.75, 3.05) is 14.2 Å². The minimum Gasteiger partial charge on any atom is -0.497 e. The average Bonchev–Trinajstić information content (AvgIpc) is 2.99. The second-order valence-corrected chi connectivity index (χ2v) is 6.83. The Bertz CT molecular complexity index is 1160. The number of pyridine rings is 1. The summed E-state index contributed by atoms with van der Waals surface area (Å²) < 4.78 is 8.52. The third-order valence-electron chi connectivity index (χ3n) is 4.71. The summed E-state index contributed by atoms with van der Waals surface area (Å²) in [4.78, 5) is 15.1. The standard InChI is InChI=1S/C21H22N4O2/c1-15-11-17-9-10-18(27-3)12-19(17)25-20(15)22-24(21(25)26)14-23(2)13-16-7-5-4-6-8-16/h4-12H,13-14H2,1-3H3. The molecule has 2 aromatic carbocycles. The van der Waals surface area contributed by atoms with Crippen LogP contribution in [-0.4, -0.2) is 33.2 Å². The van der Waals surface area contributed by atoms with Gasteiger partial charge in [0.25, 0.3) is 0 Å². The summed E-state index contributed by atoms with van der Waals surface area (Å²) in [5.74, 6) is 0.716. The van der Waals surface area contributed by atoms with Crippen LogP contribution in [0.25, 0.3) is 16.6 Å². The molecule has 27 heavy (non-hydrogen) atoms. The normalized spacial score (nSPS) is 11.6. The van der Waals surface area contributed by atoms with E-state index in [0.717, 1.165) is 23.0 Å². The molecule has 0 aliphatic rings. The molecule has 0 saturated carbocycles. The molecule has 0 amide bonds. The number of aryl methyl sites for hydroxylation is 1. The molecule has 6 heteroatoms. The summed E-state index contributed by atoms with van der Waals surface area (Å²) in [7, 11) is 3.61. The van der Waals surface area contributed by atoms with Crippen LogP contribution < -0.4 is 10.4 Å². The lowest BCUT2D eigenvalue weighted by Crippen LogP contribution is -2.30. The van der Waals surface area contributed by atoms with Crippen LogP contribution in [0, 0.1) is 6.92 Å². The van der Waals surface area contributed by atoms with Crippen LogP contribution in [0.4, 0.5) is 0 Å². The molecule has 0 atom stereocenters. The zero-order valence-corrected chi connectivity index (χ0v) is 15.7. The highest BCUT2D eigenvalue weighted by molar-refractivity contribution is 5.84. The van der Waals surface area contributed by atoms with Gasteiger partial charge in [0.05, 0.1) is 19.3 Å². The number of hydrogen-bond acceptors (Lipinski definition) is 4. The number of fused-ring (bicyclic) bond motifs is 3. The zero-order chi connectivity index (χ0) is 19.0. The Morgan fingerprint density at radius 1 is 1.11 bits per heavy atom. The molecule has 2 aromatic heterocycles. The van der Waals surface area contributed by atoms with Gasteiger partial charge in [0.15, 0.2) is 5.65 Å². The Labute approximate surface area is 157 Å². The first-order valence-corrected chi connectivity index (χ1v) is 8.86. The van der Waals surface area contributed by atoms with Crippen LogP contribution >= 0.6 is 0 Å². The average molecular weight is 362 g/mol. The van der Waals surface area contributed by atoms with Crippen molar-refractivity contribution in [1.82, 2.24) is 19.1 Å². The third kappa shape index (κ3) is 3.19. The van der Waals surface area contributed by atoms with E-state index in [4.69, 9.17) is 4.74 Å². The van der Waals surface area contributed by atoms with Gasteiger partial charge in [-0.2, -0.15) is 4.68 Å². The molecule has 0 aliphatic carbocycles. The van der Waals surface area contributed by atoms with Crippen molar-refractivity contribution in [2.45, 2.75) is 20.1 Å². The first-order valence-electron chi connectivity index (χ1n) is 8.86. The fourth-order valence-corrected chi connectivity index (χ4v) is 3.41. The van der Waals surface area contributed by atoms with Crippen LogP contribution in [0.15, 0.2) is 59.4 Å². The Morgan fingerprint density at radius 2 is 1.89 bits per heavy atom. The van der Waals surface area contributed by atoms with Gasteiger partial charge in [-0.15, -0.1) is 5.10 Å². The molecule has 4 aromatic rings. The van der Waals surface area contributed by atoms with E-state index in [9.17, 15) is 4.79 Å². The summed E-state index contributed by atoms with van der Waals surface area (Å²) in [5, 5.41) is 5.57. The fraction of sp³-hybridized carbons (Fsp3) is 0.238. The Morgan fingerprint density at radius 3 is 2.63 bits per heavy atom. The lowest BCUT2D eigenvalue weighted by atomic mass is 10.1. The summed E-state index contributed by atoms with van der Waals surface area (Å²) in [6.45, 7) is 3.14. The van der Waals surface area contributed by atoms with E-state index in [0.29, 0.717) is 18.1 Å². The number of rotatable bonds is 5. The number of methoxy groups -OCH3 is 1. The second kappa shape index (κ2) is 6.89. The maximum Gasteiger partial charge on any atom is 0.352 e. The van der Waals surface area contributed by atoms with Crippen molar-refractivity contribution in [3.8, 4) is 5.75 Å². The molecule has 0 aliphatic heterocycles. The molecule has 0 N–H and O–H groups in total. The molecule has 4 rings (SSSR count). The van der Waals surface area contributed by atoms with Crippen molar-refractivity contribution < 1.29 is 4.74 Å². The molecular formula is C21H22N4O2. The molecular weight excluding hydrogens is 340 g/mol. The number of ether oxygens (including phenoxy) is 1. The van der Waals surface area contributed by atoms with Gasteiger partial charge in [-0.3, -0.25) is 4.90 Å². The predicted molar refractivity (Wildman–Crippen MR) is 106 cm³/mol. The lowest BCUT2D eigenvalue weighted by molar-refractivity contribution is 0.242. The van der Waals surface area contributed by atoms with E-state index in [1.807, 2.05) is 50.4 Å². The number of aromatic nitrogens is 3. The van der Waals surface area contributed by atoms with E-state index >= 15 is 0 Å². The second-order valence-electron chi connectivity index (χ2n) is 6.83. The van der Waals surface area contributed by atoms with Crippen LogP contribution in [0.2, 0.25) is 0 Å². The zero-order valence-electron chi connectivity index (χ0n) is 15.7. The first kappa shape index (κ1) is 17.3. The molecule has 2 heterocycles. The summed E-state index contributed by atoms with van der Waals surface area (Å²) in [5.41, 5.74) is 3.50. The summed E-state index contributed by atoms with van der Waals surface area (Å²) >= 11 is 0. The highest BCUT2D eigenvalue weighted by Crippen LogP contribution is 2.23. The summed E-state index contributed by atoms with van der Waals surface area (Å²) in [6, 6.07) is 18.0. The Hall–Kier alpha value is -3.12. The van der Waals surface area contributed by atoms with E-state index in [2.05, 4.69) is 28.2 Å². The summed E-state index contributed by atoms with van der Waals surface area (Å²) in [6.07, 6.45) is 0. The quantitative estimate of drug-likeness (QED) is 0.548. The first-order chi connectivity index (χ1) is 13.1. The lowest BCUT2D eigenvalue weighted by Gasteiger charge is -2.15. The Balaban J connectivity index is 1.76. The third-order valence-corrected chi connectivity index (χ3v) is 4.71. The van der Waals surface area contributed by atoms with Crippen LogP contribution in [0.1, 0.15) is 11.1 Å². The van der Waals surface area contributed by atoms with Gasteiger partial charge in [0, 0.05) is 12.6 Å². The van der Waals surface area contributed by atoms with E-state index in [1.54, 1.807) is 11.5 Å². The highest BCUT2D eigenvalue weighted by Gasteiger charge is 2.14.